The van der Waals surface area contributed by atoms with Gasteiger partial charge in [0.2, 0.25) is 5.95 Å². The summed E-state index contributed by atoms with van der Waals surface area (Å²) in [7, 11) is 0. The first-order valence-electron chi connectivity index (χ1n) is 8.40. The Hall–Kier alpha value is -3.09. The van der Waals surface area contributed by atoms with Crippen LogP contribution in [0.15, 0.2) is 55.2 Å². The van der Waals surface area contributed by atoms with Crippen LogP contribution in [0.2, 0.25) is 0 Å². The minimum atomic E-state index is 0.315. The zero-order valence-corrected chi connectivity index (χ0v) is 13.8. The average molecular weight is 333 g/mol. The van der Waals surface area contributed by atoms with Crippen molar-refractivity contribution in [1.29, 1.82) is 0 Å². The molecule has 0 spiro atoms. The summed E-state index contributed by atoms with van der Waals surface area (Å²) in [5.41, 5.74) is 0.988. The molecule has 1 N–H and O–H groups in total. The molecule has 1 atom stereocenters. The number of rotatable bonds is 4. The molecule has 4 heterocycles. The van der Waals surface area contributed by atoms with E-state index >= 15 is 0 Å². The van der Waals surface area contributed by atoms with Crippen LogP contribution in [-0.2, 0) is 0 Å². The van der Waals surface area contributed by atoms with E-state index in [0.29, 0.717) is 11.7 Å². The quantitative estimate of drug-likeness (QED) is 0.786. The first-order chi connectivity index (χ1) is 12.4. The molecule has 1 saturated heterocycles. The highest BCUT2D eigenvalue weighted by atomic mass is 15.3. The first-order valence-corrected chi connectivity index (χ1v) is 8.40. The van der Waals surface area contributed by atoms with Crippen LogP contribution < -0.4 is 10.2 Å². The summed E-state index contributed by atoms with van der Waals surface area (Å²) in [6.45, 7) is 1.82. The summed E-state index contributed by atoms with van der Waals surface area (Å²) in [5.74, 6) is 2.57. The van der Waals surface area contributed by atoms with Gasteiger partial charge in [-0.3, -0.25) is 4.98 Å². The number of piperidine rings is 1. The third-order valence-corrected chi connectivity index (χ3v) is 4.25. The molecule has 1 fully saturated rings. The van der Waals surface area contributed by atoms with Gasteiger partial charge in [0.1, 0.15) is 11.6 Å². The molecule has 1 aliphatic rings. The van der Waals surface area contributed by atoms with Crippen molar-refractivity contribution in [2.24, 2.45) is 0 Å². The maximum atomic E-state index is 4.74. The zero-order valence-electron chi connectivity index (χ0n) is 13.8. The van der Waals surface area contributed by atoms with Crippen molar-refractivity contribution in [2.45, 2.75) is 18.8 Å². The summed E-state index contributed by atoms with van der Waals surface area (Å²) in [4.78, 5) is 24.3. The molecule has 4 rings (SSSR count). The van der Waals surface area contributed by atoms with Crippen molar-refractivity contribution >= 4 is 17.6 Å². The van der Waals surface area contributed by atoms with Gasteiger partial charge in [-0.2, -0.15) is 0 Å². The van der Waals surface area contributed by atoms with Crippen LogP contribution in [-0.4, -0.2) is 38.0 Å². The van der Waals surface area contributed by atoms with E-state index in [1.54, 1.807) is 24.8 Å². The predicted molar refractivity (Wildman–Crippen MR) is 95.8 cm³/mol. The summed E-state index contributed by atoms with van der Waals surface area (Å²) in [6.07, 6.45) is 11.1. The van der Waals surface area contributed by atoms with E-state index < -0.39 is 0 Å². The largest absolute Gasteiger partial charge is 0.340 e. The van der Waals surface area contributed by atoms with Crippen LogP contribution in [0, 0.1) is 0 Å². The summed E-state index contributed by atoms with van der Waals surface area (Å²) < 4.78 is 0. The molecule has 0 aliphatic carbocycles. The molecule has 0 aromatic carbocycles. The molecule has 0 bridgehead atoms. The Balaban J connectivity index is 1.50. The predicted octanol–water partition coefficient (Wildman–Crippen LogP) is 2.79. The molecule has 0 saturated carbocycles. The number of anilines is 3. The highest BCUT2D eigenvalue weighted by molar-refractivity contribution is 5.50. The Morgan fingerprint density at radius 3 is 2.68 bits per heavy atom. The Kier molecular flexibility index (Phi) is 4.45. The molecular formula is C18H19N7. The Labute approximate surface area is 146 Å². The number of hydrogen-bond donors (Lipinski definition) is 1. The van der Waals surface area contributed by atoms with Gasteiger partial charge in [-0.25, -0.2) is 19.9 Å². The van der Waals surface area contributed by atoms with Gasteiger partial charge in [-0.15, -0.1) is 0 Å². The second-order valence-corrected chi connectivity index (χ2v) is 6.00. The van der Waals surface area contributed by atoms with Crippen LogP contribution in [0.3, 0.4) is 0 Å². The van der Waals surface area contributed by atoms with Gasteiger partial charge in [0, 0.05) is 43.8 Å². The van der Waals surface area contributed by atoms with Crippen molar-refractivity contribution < 1.29 is 0 Å². The third-order valence-electron chi connectivity index (χ3n) is 4.25. The summed E-state index contributed by atoms with van der Waals surface area (Å²) >= 11 is 0. The van der Waals surface area contributed by atoms with Gasteiger partial charge < -0.3 is 10.2 Å². The topological polar surface area (TPSA) is 79.7 Å². The minimum absolute atomic E-state index is 0.315. The fraction of sp³-hybridized carbons (Fsp3) is 0.278. The number of nitrogens with one attached hydrogen (secondary N) is 1. The van der Waals surface area contributed by atoms with E-state index in [1.807, 2.05) is 30.5 Å². The molecule has 126 valence electrons. The van der Waals surface area contributed by atoms with Crippen LogP contribution in [0.25, 0.3) is 0 Å². The molecule has 3 aromatic heterocycles. The number of aromatic nitrogens is 5. The van der Waals surface area contributed by atoms with Gasteiger partial charge in [-0.05, 0) is 31.0 Å². The molecule has 0 radical (unpaired) electrons. The summed E-state index contributed by atoms with van der Waals surface area (Å²) in [6, 6.07) is 7.56. The maximum absolute atomic E-state index is 4.74. The lowest BCUT2D eigenvalue weighted by molar-refractivity contribution is 0.494. The average Bonchev–Trinajstić information content (AvgIpc) is 2.70. The van der Waals surface area contributed by atoms with Crippen molar-refractivity contribution in [3.63, 3.8) is 0 Å². The monoisotopic (exact) mass is 333 g/mol. The molecule has 25 heavy (non-hydrogen) atoms. The second kappa shape index (κ2) is 7.21. The SMILES string of the molecule is c1ccc(Nc2cncc([C@H]3CCCN(c4ncccn4)C3)n2)nc1. The Bertz CT molecular complexity index is 810. The van der Waals surface area contributed by atoms with Crippen LogP contribution in [0.1, 0.15) is 24.5 Å². The van der Waals surface area contributed by atoms with Crippen molar-refractivity contribution in [2.75, 3.05) is 23.3 Å². The van der Waals surface area contributed by atoms with E-state index in [4.69, 9.17) is 4.98 Å². The van der Waals surface area contributed by atoms with Gasteiger partial charge in [-0.1, -0.05) is 6.07 Å². The van der Waals surface area contributed by atoms with Gasteiger partial charge in [0.05, 0.1) is 11.9 Å². The van der Waals surface area contributed by atoms with Gasteiger partial charge >= 0.3 is 0 Å². The molecule has 3 aromatic rings. The van der Waals surface area contributed by atoms with E-state index in [0.717, 1.165) is 43.4 Å². The lowest BCUT2D eigenvalue weighted by Gasteiger charge is -2.32. The highest BCUT2D eigenvalue weighted by Gasteiger charge is 2.24. The number of nitrogens with zero attached hydrogens (tertiary/aromatic N) is 6. The first kappa shape index (κ1) is 15.4. The lowest BCUT2D eigenvalue weighted by atomic mass is 9.95. The summed E-state index contributed by atoms with van der Waals surface area (Å²) in [5, 5.41) is 3.20. The number of pyridine rings is 1. The van der Waals surface area contributed by atoms with E-state index in [-0.39, 0.29) is 0 Å². The Morgan fingerprint density at radius 1 is 0.960 bits per heavy atom. The second-order valence-electron chi connectivity index (χ2n) is 6.00. The van der Waals surface area contributed by atoms with Gasteiger partial charge in [0.25, 0.3) is 0 Å². The fourth-order valence-electron chi connectivity index (χ4n) is 3.06. The molecule has 1 aliphatic heterocycles. The molecule has 0 unspecified atom stereocenters. The van der Waals surface area contributed by atoms with Crippen molar-refractivity contribution in [1.82, 2.24) is 24.9 Å². The van der Waals surface area contributed by atoms with Crippen molar-refractivity contribution in [3.8, 4) is 0 Å². The normalized spacial score (nSPS) is 17.3. The van der Waals surface area contributed by atoms with E-state index in [2.05, 4.69) is 30.2 Å². The standard InChI is InChI=1S/C18H19N7/c1-2-7-20-16(6-1)24-17-12-19-11-15(23-17)14-5-3-10-25(13-14)18-21-8-4-9-22-18/h1-2,4,6-9,11-12,14H,3,5,10,13H2,(H,20,23,24)/t14-/m0/s1. The van der Waals surface area contributed by atoms with E-state index in [1.165, 1.54) is 0 Å². The van der Waals surface area contributed by atoms with Crippen LogP contribution >= 0.6 is 0 Å². The van der Waals surface area contributed by atoms with Gasteiger partial charge in [0.15, 0.2) is 0 Å². The fourth-order valence-corrected chi connectivity index (χ4v) is 3.06. The molecule has 7 heteroatoms. The third kappa shape index (κ3) is 3.71. The zero-order chi connectivity index (χ0) is 16.9. The molecular weight excluding hydrogens is 314 g/mol. The Morgan fingerprint density at radius 2 is 1.84 bits per heavy atom. The number of hydrogen-bond acceptors (Lipinski definition) is 7. The lowest BCUT2D eigenvalue weighted by Crippen LogP contribution is -2.35. The highest BCUT2D eigenvalue weighted by Crippen LogP contribution is 2.27. The van der Waals surface area contributed by atoms with E-state index in [9.17, 15) is 0 Å². The molecule has 0 amide bonds. The van der Waals surface area contributed by atoms with Crippen molar-refractivity contribution in [3.05, 3.63) is 60.9 Å². The minimum Gasteiger partial charge on any atom is -0.340 e. The van der Waals surface area contributed by atoms with Crippen LogP contribution in [0.5, 0.6) is 0 Å². The van der Waals surface area contributed by atoms with Crippen LogP contribution in [0.4, 0.5) is 17.6 Å². The smallest absolute Gasteiger partial charge is 0.225 e. The molecule has 7 nitrogen and oxygen atoms in total. The maximum Gasteiger partial charge on any atom is 0.225 e.